The van der Waals surface area contributed by atoms with Crippen molar-refractivity contribution >= 4 is 48.4 Å². The molecular formula is C31H37N8O2P. The normalized spacial score (nSPS) is 12.8. The smallest absolute Gasteiger partial charge is 0.247 e. The van der Waals surface area contributed by atoms with Crippen LogP contribution in [0.3, 0.4) is 0 Å². The Labute approximate surface area is 248 Å². The molecule has 0 bridgehead atoms. The first-order chi connectivity index (χ1) is 20.2. The number of carbonyl (C=O) groups excluding carboxylic acids is 1. The second-order valence-corrected chi connectivity index (χ2v) is 11.5. The van der Waals surface area contributed by atoms with Crippen molar-refractivity contribution in [2.24, 2.45) is 0 Å². The fourth-order valence-electron chi connectivity index (χ4n) is 5.01. The predicted octanol–water partition coefficient (Wildman–Crippen LogP) is 4.41. The first-order valence-electron chi connectivity index (χ1n) is 13.9. The number of amides is 1. The van der Waals surface area contributed by atoms with E-state index in [2.05, 4.69) is 71.3 Å². The van der Waals surface area contributed by atoms with Crippen molar-refractivity contribution in [3.05, 3.63) is 60.9 Å². The molecule has 2 aromatic carbocycles. The zero-order valence-corrected chi connectivity index (χ0v) is 25.7. The van der Waals surface area contributed by atoms with Crippen molar-refractivity contribution in [2.75, 3.05) is 56.9 Å². The van der Waals surface area contributed by atoms with Gasteiger partial charge in [0.05, 0.1) is 29.7 Å². The molecule has 1 fully saturated rings. The lowest BCUT2D eigenvalue weighted by atomic mass is 10.1. The van der Waals surface area contributed by atoms with Crippen LogP contribution in [-0.2, 0) is 11.5 Å². The molecule has 4 aromatic rings. The molecule has 2 aromatic heterocycles. The van der Waals surface area contributed by atoms with E-state index in [4.69, 9.17) is 9.84 Å². The molecule has 1 amide bonds. The van der Waals surface area contributed by atoms with E-state index in [-0.39, 0.29) is 12.6 Å². The summed E-state index contributed by atoms with van der Waals surface area (Å²) >= 11 is 0. The van der Waals surface area contributed by atoms with E-state index in [0.717, 1.165) is 53.4 Å². The number of hydrogen-bond donors (Lipinski definition) is 2. The number of hydrogen-bond acceptors (Lipinski definition) is 7. The molecular weight excluding hydrogens is 547 g/mol. The van der Waals surface area contributed by atoms with Crippen molar-refractivity contribution in [2.45, 2.75) is 25.6 Å². The summed E-state index contributed by atoms with van der Waals surface area (Å²) in [6, 6.07) is 12.9. The number of anilines is 3. The van der Waals surface area contributed by atoms with Crippen LogP contribution < -0.4 is 25.6 Å². The number of benzene rings is 2. The van der Waals surface area contributed by atoms with E-state index in [1.807, 2.05) is 33.3 Å². The minimum Gasteiger partial charge on any atom is -0.495 e. The number of rotatable bonds is 12. The Morgan fingerprint density at radius 2 is 2.00 bits per heavy atom. The molecule has 218 valence electrons. The highest BCUT2D eigenvalue weighted by molar-refractivity contribution is 7.27. The maximum atomic E-state index is 12.3. The number of likely N-dealkylation sites (N-methyl/N-ethyl adjacent to an activating group) is 2. The Hall–Kier alpha value is -4.32. The molecule has 42 heavy (non-hydrogen) atoms. The predicted molar refractivity (Wildman–Crippen MR) is 173 cm³/mol. The summed E-state index contributed by atoms with van der Waals surface area (Å²) in [5.74, 6) is 0.315. The Morgan fingerprint density at radius 3 is 2.67 bits per heavy atom. The second kappa shape index (κ2) is 12.3. The summed E-state index contributed by atoms with van der Waals surface area (Å²) in [4.78, 5) is 16.5. The van der Waals surface area contributed by atoms with Gasteiger partial charge in [-0.15, -0.1) is 9.24 Å². The number of methoxy groups -OCH3 is 1. The largest absolute Gasteiger partial charge is 0.495 e. The third-order valence-corrected chi connectivity index (χ3v) is 7.78. The topological polar surface area (TPSA) is 103 Å². The van der Waals surface area contributed by atoms with Gasteiger partial charge in [0.25, 0.3) is 0 Å². The second-order valence-electron chi connectivity index (χ2n) is 10.8. The van der Waals surface area contributed by atoms with Gasteiger partial charge in [0.2, 0.25) is 5.91 Å². The molecule has 0 saturated heterocycles. The van der Waals surface area contributed by atoms with Crippen molar-refractivity contribution in [3.63, 3.8) is 0 Å². The van der Waals surface area contributed by atoms with E-state index in [0.29, 0.717) is 34.4 Å². The Balaban J connectivity index is 1.45. The highest BCUT2D eigenvalue weighted by Gasteiger charge is 2.27. The molecule has 1 aliphatic rings. The maximum absolute atomic E-state index is 12.3. The van der Waals surface area contributed by atoms with Crippen LogP contribution in [0.1, 0.15) is 24.4 Å². The van der Waals surface area contributed by atoms with Gasteiger partial charge in [-0.1, -0.05) is 18.7 Å². The van der Waals surface area contributed by atoms with Crippen molar-refractivity contribution in [1.82, 2.24) is 19.2 Å². The van der Waals surface area contributed by atoms with E-state index in [9.17, 15) is 10.1 Å². The Kier molecular flexibility index (Phi) is 8.53. The minimum atomic E-state index is -0.303. The zero-order chi connectivity index (χ0) is 30.0. The van der Waals surface area contributed by atoms with E-state index >= 15 is 0 Å². The lowest BCUT2D eigenvalue weighted by molar-refractivity contribution is -0.111. The number of nitriles is 1. The highest BCUT2D eigenvalue weighted by atomic mass is 31.0. The number of fused-ring (bicyclic) bond motifs is 1. The van der Waals surface area contributed by atoms with Gasteiger partial charge in [-0.3, -0.25) is 9.48 Å². The fourth-order valence-corrected chi connectivity index (χ4v) is 5.26. The minimum absolute atomic E-state index is 0.284. The van der Waals surface area contributed by atoms with Crippen LogP contribution in [0.5, 0.6) is 5.75 Å². The molecule has 2 heterocycles. The molecule has 0 radical (unpaired) electrons. The zero-order valence-electron chi connectivity index (χ0n) is 24.5. The van der Waals surface area contributed by atoms with Crippen LogP contribution in [0.25, 0.3) is 22.2 Å². The molecule has 1 saturated carbocycles. The summed E-state index contributed by atoms with van der Waals surface area (Å²) < 4.78 is 9.76. The summed E-state index contributed by atoms with van der Waals surface area (Å²) in [6.45, 7) is 5.47. The lowest BCUT2D eigenvalue weighted by Gasteiger charge is -2.26. The van der Waals surface area contributed by atoms with Gasteiger partial charge in [0.15, 0.2) is 0 Å². The van der Waals surface area contributed by atoms with Gasteiger partial charge in [0, 0.05) is 61.1 Å². The van der Waals surface area contributed by atoms with Crippen molar-refractivity contribution in [1.29, 1.82) is 5.26 Å². The van der Waals surface area contributed by atoms with Gasteiger partial charge in [0.1, 0.15) is 24.2 Å². The van der Waals surface area contributed by atoms with Crippen LogP contribution >= 0.6 is 9.24 Å². The molecule has 5 rings (SSSR count). The van der Waals surface area contributed by atoms with Gasteiger partial charge in [-0.25, -0.2) is 0 Å². The SMILES string of the molecule is C=CC(=O)Nc1cc(NCn2cc(C#N)c(-c3cn(C4CC4)c4cc(P)ccc34)n2)c(OC)cc1N(C)CCN(C)C. The number of carbonyl (C=O) groups is 1. The summed E-state index contributed by atoms with van der Waals surface area (Å²) in [5, 5.41) is 23.3. The number of aromatic nitrogens is 3. The molecule has 1 unspecified atom stereocenters. The van der Waals surface area contributed by atoms with Crippen LogP contribution in [0, 0.1) is 11.3 Å². The maximum Gasteiger partial charge on any atom is 0.247 e. The summed E-state index contributed by atoms with van der Waals surface area (Å²) in [5.41, 5.74) is 5.40. The number of nitrogens with zero attached hydrogens (tertiary/aromatic N) is 6. The monoisotopic (exact) mass is 584 g/mol. The quantitative estimate of drug-likeness (QED) is 0.188. The van der Waals surface area contributed by atoms with Gasteiger partial charge in [-0.05, 0) is 50.5 Å². The Morgan fingerprint density at radius 1 is 1.21 bits per heavy atom. The van der Waals surface area contributed by atoms with Crippen LogP contribution in [0.4, 0.5) is 17.1 Å². The van der Waals surface area contributed by atoms with Crippen molar-refractivity contribution in [3.8, 4) is 23.1 Å². The third kappa shape index (κ3) is 6.13. The van der Waals surface area contributed by atoms with Crippen LogP contribution in [-0.4, -0.2) is 66.5 Å². The highest BCUT2D eigenvalue weighted by Crippen LogP contribution is 2.42. The Bertz CT molecular complexity index is 1680. The summed E-state index contributed by atoms with van der Waals surface area (Å²) in [7, 11) is 10.4. The average Bonchev–Trinajstić information content (AvgIpc) is 3.63. The third-order valence-electron chi connectivity index (χ3n) is 7.42. The van der Waals surface area contributed by atoms with Crippen molar-refractivity contribution < 1.29 is 9.53 Å². The molecule has 1 atom stereocenters. The van der Waals surface area contributed by atoms with E-state index in [1.165, 1.54) is 6.08 Å². The van der Waals surface area contributed by atoms with Gasteiger partial charge >= 0.3 is 0 Å². The molecule has 11 heteroatoms. The van der Waals surface area contributed by atoms with E-state index in [1.54, 1.807) is 18.0 Å². The molecule has 1 aliphatic carbocycles. The lowest BCUT2D eigenvalue weighted by Crippen LogP contribution is -2.29. The number of ether oxygens (including phenoxy) is 1. The summed E-state index contributed by atoms with van der Waals surface area (Å²) in [6.07, 6.45) is 7.46. The van der Waals surface area contributed by atoms with Gasteiger partial charge in [-0.2, -0.15) is 10.4 Å². The molecule has 10 nitrogen and oxygen atoms in total. The molecule has 0 aliphatic heterocycles. The molecule has 2 N–H and O–H groups in total. The first-order valence-corrected chi connectivity index (χ1v) is 14.4. The first kappa shape index (κ1) is 29.2. The standard InChI is InChI=1S/C31H37N8O2P/c1-6-30(40)34-25-14-26(29(41-5)15-28(25)37(4)12-11-36(2)3)33-19-38-17-20(16-32)31(35-38)24-18-39(21-7-8-21)27-13-22(42)9-10-23(24)27/h6,9-10,13-15,17-18,21,33H,1,7-8,11-12,19,42H2,2-5H3,(H,34,40). The van der Waals surface area contributed by atoms with Crippen LogP contribution in [0.15, 0.2) is 55.4 Å². The van der Waals surface area contributed by atoms with Gasteiger partial charge < -0.3 is 29.7 Å². The van der Waals surface area contributed by atoms with Crippen LogP contribution in [0.2, 0.25) is 0 Å². The average molecular weight is 585 g/mol. The molecule has 0 spiro atoms. The number of nitrogens with one attached hydrogen (secondary N) is 2. The fraction of sp³-hybridized carbons (Fsp3) is 0.323. The van der Waals surface area contributed by atoms with E-state index < -0.39 is 0 Å².